The van der Waals surface area contributed by atoms with Crippen LogP contribution in [-0.4, -0.2) is 79.5 Å². The van der Waals surface area contributed by atoms with Crippen molar-refractivity contribution in [1.29, 1.82) is 0 Å². The second kappa shape index (κ2) is 5.88. The molecule has 6 nitrogen and oxygen atoms in total. The van der Waals surface area contributed by atoms with Gasteiger partial charge in [-0.1, -0.05) is 13.8 Å². The molecule has 1 atom stereocenters. The molecule has 0 saturated carbocycles. The minimum absolute atomic E-state index is 0.185. The Labute approximate surface area is 122 Å². The third-order valence-electron chi connectivity index (χ3n) is 4.22. The Bertz CT molecular complexity index is 430. The molecule has 2 heterocycles. The molecule has 0 radical (unpaired) electrons. The predicted molar refractivity (Wildman–Crippen MR) is 78.6 cm³/mol. The summed E-state index contributed by atoms with van der Waals surface area (Å²) in [5, 5.41) is 9.91. The minimum atomic E-state index is -3.40. The lowest BCUT2D eigenvalue weighted by atomic mass is 9.87. The van der Waals surface area contributed by atoms with Crippen molar-refractivity contribution < 1.29 is 13.5 Å². The molecule has 1 unspecified atom stereocenters. The summed E-state index contributed by atoms with van der Waals surface area (Å²) in [6, 6.07) is 0. The van der Waals surface area contributed by atoms with Crippen LogP contribution in [0.2, 0.25) is 0 Å². The molecule has 20 heavy (non-hydrogen) atoms. The maximum absolute atomic E-state index is 12.7. The van der Waals surface area contributed by atoms with Crippen LogP contribution < -0.4 is 0 Å². The van der Waals surface area contributed by atoms with E-state index in [9.17, 15) is 13.5 Å². The summed E-state index contributed by atoms with van der Waals surface area (Å²) in [7, 11) is -1.39. The first kappa shape index (κ1) is 16.2. The number of hydrogen-bond acceptors (Lipinski definition) is 4. The van der Waals surface area contributed by atoms with Crippen LogP contribution in [0.1, 0.15) is 26.7 Å². The highest BCUT2D eigenvalue weighted by Gasteiger charge is 2.38. The van der Waals surface area contributed by atoms with Gasteiger partial charge >= 0.3 is 0 Å². The average molecular weight is 305 g/mol. The van der Waals surface area contributed by atoms with Crippen molar-refractivity contribution >= 4 is 10.2 Å². The van der Waals surface area contributed by atoms with E-state index in [1.807, 2.05) is 20.9 Å². The maximum atomic E-state index is 12.7. The van der Waals surface area contributed by atoms with E-state index in [0.29, 0.717) is 39.0 Å². The summed E-state index contributed by atoms with van der Waals surface area (Å²) in [5.41, 5.74) is -0.185. The maximum Gasteiger partial charge on any atom is 0.282 e. The number of aliphatic hydroxyl groups excluding tert-OH is 1. The SMILES string of the molecule is CN1CCN(S(=O)(=O)N2CCC(O)CC(C)(C)C2)CC1. The highest BCUT2D eigenvalue weighted by atomic mass is 32.2. The summed E-state index contributed by atoms with van der Waals surface area (Å²) in [5.74, 6) is 0. The zero-order valence-electron chi connectivity index (χ0n) is 12.7. The van der Waals surface area contributed by atoms with Crippen molar-refractivity contribution in [3.05, 3.63) is 0 Å². The summed E-state index contributed by atoms with van der Waals surface area (Å²) >= 11 is 0. The van der Waals surface area contributed by atoms with Crippen molar-refractivity contribution in [2.24, 2.45) is 5.41 Å². The van der Waals surface area contributed by atoms with E-state index in [-0.39, 0.29) is 5.41 Å². The van der Waals surface area contributed by atoms with Gasteiger partial charge in [0.2, 0.25) is 0 Å². The van der Waals surface area contributed by atoms with E-state index in [4.69, 9.17) is 0 Å². The van der Waals surface area contributed by atoms with Gasteiger partial charge in [0.05, 0.1) is 6.10 Å². The standard InChI is InChI=1S/C13H27N3O3S/c1-13(2)10-12(17)4-5-16(11-13)20(18,19)15-8-6-14(3)7-9-15/h12,17H,4-11H2,1-3H3. The Balaban J connectivity index is 2.12. The molecular formula is C13H27N3O3S. The van der Waals surface area contributed by atoms with Crippen molar-refractivity contribution in [3.63, 3.8) is 0 Å². The zero-order chi connectivity index (χ0) is 15.0. The van der Waals surface area contributed by atoms with Crippen molar-refractivity contribution in [3.8, 4) is 0 Å². The molecule has 0 amide bonds. The highest BCUT2D eigenvalue weighted by molar-refractivity contribution is 7.86. The number of rotatable bonds is 2. The predicted octanol–water partition coefficient (Wildman–Crippen LogP) is -0.0385. The lowest BCUT2D eigenvalue weighted by Gasteiger charge is -2.36. The topological polar surface area (TPSA) is 64.1 Å². The molecule has 2 aliphatic rings. The lowest BCUT2D eigenvalue weighted by Crippen LogP contribution is -2.53. The zero-order valence-corrected chi connectivity index (χ0v) is 13.6. The Morgan fingerprint density at radius 1 is 1.05 bits per heavy atom. The second-order valence-electron chi connectivity index (χ2n) is 6.85. The summed E-state index contributed by atoms with van der Waals surface area (Å²) in [6.45, 7) is 7.61. The second-order valence-corrected chi connectivity index (χ2v) is 8.78. The van der Waals surface area contributed by atoms with Crippen LogP contribution in [0.5, 0.6) is 0 Å². The molecule has 118 valence electrons. The van der Waals surface area contributed by atoms with E-state index < -0.39 is 16.3 Å². The number of piperazine rings is 1. The van der Waals surface area contributed by atoms with Crippen molar-refractivity contribution in [1.82, 2.24) is 13.5 Å². The number of hydrogen-bond donors (Lipinski definition) is 1. The Hall–Kier alpha value is -0.210. The molecular weight excluding hydrogens is 278 g/mol. The van der Waals surface area contributed by atoms with Crippen LogP contribution in [0, 0.1) is 5.41 Å². The first-order chi connectivity index (χ1) is 9.21. The van der Waals surface area contributed by atoms with Gasteiger partial charge in [-0.15, -0.1) is 0 Å². The molecule has 2 fully saturated rings. The van der Waals surface area contributed by atoms with Gasteiger partial charge in [0, 0.05) is 39.3 Å². The van der Waals surface area contributed by atoms with Gasteiger partial charge in [0.15, 0.2) is 0 Å². The fourth-order valence-corrected chi connectivity index (χ4v) is 4.83. The molecule has 2 aliphatic heterocycles. The van der Waals surface area contributed by atoms with Gasteiger partial charge < -0.3 is 10.0 Å². The van der Waals surface area contributed by atoms with Crippen LogP contribution in [-0.2, 0) is 10.2 Å². The number of aliphatic hydroxyl groups is 1. The molecule has 2 saturated heterocycles. The van der Waals surface area contributed by atoms with Gasteiger partial charge in [-0.05, 0) is 25.3 Å². The third-order valence-corrected chi connectivity index (χ3v) is 6.20. The van der Waals surface area contributed by atoms with E-state index in [1.54, 1.807) is 8.61 Å². The Morgan fingerprint density at radius 2 is 1.65 bits per heavy atom. The van der Waals surface area contributed by atoms with Crippen LogP contribution >= 0.6 is 0 Å². The molecule has 0 bridgehead atoms. The van der Waals surface area contributed by atoms with Gasteiger partial charge in [-0.25, -0.2) is 0 Å². The number of nitrogens with zero attached hydrogens (tertiary/aromatic N) is 3. The van der Waals surface area contributed by atoms with Crippen LogP contribution in [0.25, 0.3) is 0 Å². The molecule has 0 aliphatic carbocycles. The summed E-state index contributed by atoms with van der Waals surface area (Å²) in [4.78, 5) is 2.14. The lowest BCUT2D eigenvalue weighted by molar-refractivity contribution is 0.122. The minimum Gasteiger partial charge on any atom is -0.393 e. The molecule has 0 spiro atoms. The van der Waals surface area contributed by atoms with Gasteiger partial charge in [-0.3, -0.25) is 0 Å². The van der Waals surface area contributed by atoms with Crippen LogP contribution in [0.4, 0.5) is 0 Å². The third kappa shape index (κ3) is 3.71. The Kier molecular flexibility index (Phi) is 4.76. The van der Waals surface area contributed by atoms with Crippen LogP contribution in [0.15, 0.2) is 0 Å². The van der Waals surface area contributed by atoms with E-state index in [2.05, 4.69) is 4.90 Å². The highest BCUT2D eigenvalue weighted by Crippen LogP contribution is 2.30. The first-order valence-corrected chi connectivity index (χ1v) is 8.72. The average Bonchev–Trinajstić information content (AvgIpc) is 2.47. The fraction of sp³-hybridized carbons (Fsp3) is 1.00. The monoisotopic (exact) mass is 305 g/mol. The quantitative estimate of drug-likeness (QED) is 0.778. The first-order valence-electron chi connectivity index (χ1n) is 7.32. The van der Waals surface area contributed by atoms with Crippen LogP contribution in [0.3, 0.4) is 0 Å². The van der Waals surface area contributed by atoms with Crippen molar-refractivity contribution in [2.75, 3.05) is 46.3 Å². The fourth-order valence-electron chi connectivity index (χ4n) is 3.03. The van der Waals surface area contributed by atoms with Crippen molar-refractivity contribution in [2.45, 2.75) is 32.8 Å². The van der Waals surface area contributed by atoms with Gasteiger partial charge in [0.25, 0.3) is 10.2 Å². The normalized spacial score (nSPS) is 31.1. The van der Waals surface area contributed by atoms with E-state index >= 15 is 0 Å². The van der Waals surface area contributed by atoms with Gasteiger partial charge in [0.1, 0.15) is 0 Å². The summed E-state index contributed by atoms with van der Waals surface area (Å²) in [6.07, 6.45) is 0.774. The van der Waals surface area contributed by atoms with E-state index in [1.165, 1.54) is 0 Å². The molecule has 2 rings (SSSR count). The Morgan fingerprint density at radius 3 is 2.25 bits per heavy atom. The number of likely N-dealkylation sites (N-methyl/N-ethyl adjacent to an activating group) is 1. The smallest absolute Gasteiger partial charge is 0.282 e. The molecule has 0 aromatic carbocycles. The largest absolute Gasteiger partial charge is 0.393 e. The van der Waals surface area contributed by atoms with E-state index in [0.717, 1.165) is 13.1 Å². The summed E-state index contributed by atoms with van der Waals surface area (Å²) < 4.78 is 28.6. The molecule has 0 aromatic heterocycles. The van der Waals surface area contributed by atoms with Gasteiger partial charge in [-0.2, -0.15) is 17.0 Å². The molecule has 0 aromatic rings. The molecule has 1 N–H and O–H groups in total. The molecule has 7 heteroatoms.